The Hall–Kier alpha value is -1.79. The van der Waals surface area contributed by atoms with Crippen LogP contribution in [0.15, 0.2) is 18.3 Å². The maximum absolute atomic E-state index is 12.6. The molecule has 0 N–H and O–H groups in total. The van der Waals surface area contributed by atoms with E-state index >= 15 is 0 Å². The van der Waals surface area contributed by atoms with Gasteiger partial charge in [-0.15, -0.1) is 0 Å². The summed E-state index contributed by atoms with van der Waals surface area (Å²) in [6.45, 7) is 2.45. The first-order chi connectivity index (χ1) is 12.4. The predicted octanol–water partition coefficient (Wildman–Crippen LogP) is 3.58. The van der Waals surface area contributed by atoms with Crippen molar-refractivity contribution in [3.8, 4) is 0 Å². The lowest BCUT2D eigenvalue weighted by molar-refractivity contribution is -0.138. The Bertz CT molecular complexity index is 653. The van der Waals surface area contributed by atoms with E-state index in [-0.39, 0.29) is 5.91 Å². The fourth-order valence-corrected chi connectivity index (χ4v) is 4.91. The number of nitrogens with zero attached hydrogens (tertiary/aromatic N) is 3. The van der Waals surface area contributed by atoms with Crippen molar-refractivity contribution in [1.82, 2.24) is 9.88 Å². The summed E-state index contributed by atoms with van der Waals surface area (Å²) in [5, 5.41) is 0. The minimum absolute atomic E-state index is 0.238. The quantitative estimate of drug-likeness (QED) is 0.819. The molecule has 0 radical (unpaired) electrons. The molecule has 2 saturated carbocycles. The summed E-state index contributed by atoms with van der Waals surface area (Å²) in [6.07, 6.45) is 2.33. The average Bonchev–Trinajstić information content (AvgIpc) is 3.24. The van der Waals surface area contributed by atoms with Crippen LogP contribution in [0.25, 0.3) is 0 Å². The molecule has 2 aliphatic carbocycles. The summed E-state index contributed by atoms with van der Waals surface area (Å²) >= 11 is 0. The first-order valence-electron chi connectivity index (χ1n) is 9.46. The van der Waals surface area contributed by atoms with E-state index in [0.717, 1.165) is 24.1 Å². The molecule has 1 aromatic heterocycles. The highest BCUT2D eigenvalue weighted by Crippen LogP contribution is 2.49. The molecule has 7 heteroatoms. The molecule has 4 nitrogen and oxygen atoms in total. The highest BCUT2D eigenvalue weighted by Gasteiger charge is 2.40. The number of carbonyl (C=O) groups is 1. The summed E-state index contributed by atoms with van der Waals surface area (Å²) in [7, 11) is 0. The number of fused-ring (bicyclic) bond motifs is 2. The second-order valence-corrected chi connectivity index (χ2v) is 7.91. The van der Waals surface area contributed by atoms with Gasteiger partial charge >= 0.3 is 6.18 Å². The standard InChI is InChI=1S/C19H24F3N3O/c20-19(21,22)16-3-4-17(23-12-16)24-5-7-25(8-6-24)18(26)11-15-10-13-1-2-14(15)9-13/h3-4,12-15H,1-2,5-11H2/t13-,14+,15-/m0/s1. The summed E-state index contributed by atoms with van der Waals surface area (Å²) in [5.74, 6) is 2.94. The Balaban J connectivity index is 1.29. The summed E-state index contributed by atoms with van der Waals surface area (Å²) in [6, 6.07) is 2.48. The van der Waals surface area contributed by atoms with Crippen LogP contribution in [0.5, 0.6) is 0 Å². The Labute approximate surface area is 151 Å². The highest BCUT2D eigenvalue weighted by molar-refractivity contribution is 5.77. The van der Waals surface area contributed by atoms with Crippen molar-refractivity contribution < 1.29 is 18.0 Å². The summed E-state index contributed by atoms with van der Waals surface area (Å²) in [5.41, 5.74) is -0.735. The molecule has 2 heterocycles. The molecule has 3 aliphatic rings. The largest absolute Gasteiger partial charge is 0.417 e. The number of amides is 1. The molecule has 3 fully saturated rings. The second-order valence-electron chi connectivity index (χ2n) is 7.91. The van der Waals surface area contributed by atoms with Crippen LogP contribution < -0.4 is 4.90 Å². The van der Waals surface area contributed by atoms with Crippen LogP contribution in [0.4, 0.5) is 19.0 Å². The molecular weight excluding hydrogens is 343 g/mol. The SMILES string of the molecule is O=C(C[C@@H]1C[C@H]2CC[C@@H]1C2)N1CCN(c2ccc(C(F)(F)F)cn2)CC1. The van der Waals surface area contributed by atoms with Crippen LogP contribution >= 0.6 is 0 Å². The first-order valence-corrected chi connectivity index (χ1v) is 9.46. The van der Waals surface area contributed by atoms with Gasteiger partial charge in [0.1, 0.15) is 5.82 Å². The van der Waals surface area contributed by atoms with Crippen molar-refractivity contribution in [3.63, 3.8) is 0 Å². The van der Waals surface area contributed by atoms with Gasteiger partial charge in [0.2, 0.25) is 5.91 Å². The predicted molar refractivity (Wildman–Crippen MR) is 91.6 cm³/mol. The van der Waals surface area contributed by atoms with Crippen molar-refractivity contribution in [2.24, 2.45) is 17.8 Å². The first kappa shape index (κ1) is 17.6. The molecular formula is C19H24F3N3O. The zero-order valence-corrected chi connectivity index (χ0v) is 14.7. The van der Waals surface area contributed by atoms with Gasteiger partial charge in [0.05, 0.1) is 5.56 Å². The lowest BCUT2D eigenvalue weighted by Crippen LogP contribution is -2.49. The lowest BCUT2D eigenvalue weighted by atomic mass is 9.86. The van der Waals surface area contributed by atoms with Crippen LogP contribution in [0, 0.1) is 17.8 Å². The number of halogens is 3. The number of rotatable bonds is 3. The van der Waals surface area contributed by atoms with E-state index < -0.39 is 11.7 Å². The molecule has 3 atom stereocenters. The van der Waals surface area contributed by atoms with E-state index in [2.05, 4.69) is 4.98 Å². The molecule has 1 saturated heterocycles. The van der Waals surface area contributed by atoms with Crippen molar-refractivity contribution in [2.45, 2.75) is 38.3 Å². The number of aromatic nitrogens is 1. The van der Waals surface area contributed by atoms with Gasteiger partial charge < -0.3 is 9.80 Å². The minimum Gasteiger partial charge on any atom is -0.353 e. The summed E-state index contributed by atoms with van der Waals surface area (Å²) < 4.78 is 37.9. The molecule has 4 rings (SSSR count). The van der Waals surface area contributed by atoms with Crippen molar-refractivity contribution in [2.75, 3.05) is 31.1 Å². The fraction of sp³-hybridized carbons (Fsp3) is 0.684. The number of hydrogen-bond donors (Lipinski definition) is 0. The van der Waals surface area contributed by atoms with Gasteiger partial charge in [0, 0.05) is 38.8 Å². The zero-order valence-electron chi connectivity index (χ0n) is 14.7. The zero-order chi connectivity index (χ0) is 18.3. The van der Waals surface area contributed by atoms with Gasteiger partial charge in [-0.3, -0.25) is 4.79 Å². The van der Waals surface area contributed by atoms with E-state index in [1.807, 2.05) is 9.80 Å². The van der Waals surface area contributed by atoms with Crippen LogP contribution in [0.3, 0.4) is 0 Å². The lowest BCUT2D eigenvalue weighted by Gasteiger charge is -2.36. The van der Waals surface area contributed by atoms with Gasteiger partial charge in [0.15, 0.2) is 0 Å². The third kappa shape index (κ3) is 3.53. The number of anilines is 1. The van der Waals surface area contributed by atoms with Gasteiger partial charge in [-0.25, -0.2) is 4.98 Å². The molecule has 26 heavy (non-hydrogen) atoms. The van der Waals surface area contributed by atoms with Gasteiger partial charge in [0.25, 0.3) is 0 Å². The Morgan fingerprint density at radius 3 is 2.42 bits per heavy atom. The van der Waals surface area contributed by atoms with Crippen molar-refractivity contribution in [3.05, 3.63) is 23.9 Å². The van der Waals surface area contributed by atoms with E-state index in [1.165, 1.54) is 31.7 Å². The van der Waals surface area contributed by atoms with E-state index in [9.17, 15) is 18.0 Å². The van der Waals surface area contributed by atoms with Gasteiger partial charge in [-0.05, 0) is 49.1 Å². The second kappa shape index (κ2) is 6.74. The highest BCUT2D eigenvalue weighted by atomic mass is 19.4. The molecule has 0 spiro atoms. The Morgan fingerprint density at radius 2 is 1.88 bits per heavy atom. The smallest absolute Gasteiger partial charge is 0.353 e. The van der Waals surface area contributed by atoms with E-state index in [1.54, 1.807) is 0 Å². The number of hydrogen-bond acceptors (Lipinski definition) is 3. The van der Waals surface area contributed by atoms with Gasteiger partial charge in [-0.1, -0.05) is 6.42 Å². The average molecular weight is 367 g/mol. The molecule has 2 bridgehead atoms. The maximum Gasteiger partial charge on any atom is 0.417 e. The third-order valence-corrected chi connectivity index (χ3v) is 6.35. The van der Waals surface area contributed by atoms with Crippen LogP contribution in [0.2, 0.25) is 0 Å². The number of alkyl halides is 3. The van der Waals surface area contributed by atoms with Crippen LogP contribution in [0.1, 0.15) is 37.7 Å². The monoisotopic (exact) mass is 367 g/mol. The molecule has 142 valence electrons. The molecule has 0 aromatic carbocycles. The van der Waals surface area contributed by atoms with Crippen molar-refractivity contribution >= 4 is 11.7 Å². The van der Waals surface area contributed by atoms with E-state index in [4.69, 9.17) is 0 Å². The maximum atomic E-state index is 12.6. The van der Waals surface area contributed by atoms with Crippen LogP contribution in [-0.4, -0.2) is 42.0 Å². The molecule has 1 aliphatic heterocycles. The minimum atomic E-state index is -4.36. The number of pyridine rings is 1. The number of piperazine rings is 1. The molecule has 0 unspecified atom stereocenters. The number of carbonyl (C=O) groups excluding carboxylic acids is 1. The fourth-order valence-electron chi connectivity index (χ4n) is 4.91. The van der Waals surface area contributed by atoms with Gasteiger partial charge in [-0.2, -0.15) is 13.2 Å². The Morgan fingerprint density at radius 1 is 1.12 bits per heavy atom. The van der Waals surface area contributed by atoms with Crippen LogP contribution in [-0.2, 0) is 11.0 Å². The summed E-state index contributed by atoms with van der Waals surface area (Å²) in [4.78, 5) is 20.4. The Kier molecular flexibility index (Phi) is 4.57. The topological polar surface area (TPSA) is 36.4 Å². The van der Waals surface area contributed by atoms with E-state index in [0.29, 0.717) is 44.3 Å². The normalized spacial score (nSPS) is 28.7. The third-order valence-electron chi connectivity index (χ3n) is 6.35. The molecule has 1 amide bonds. The van der Waals surface area contributed by atoms with Crippen molar-refractivity contribution in [1.29, 1.82) is 0 Å². The molecule has 1 aromatic rings.